The summed E-state index contributed by atoms with van der Waals surface area (Å²) < 4.78 is 18.2. The molecule has 0 aromatic heterocycles. The molecule has 0 radical (unpaired) electrons. The molecule has 1 aliphatic rings. The van der Waals surface area contributed by atoms with Crippen LogP contribution in [0, 0.1) is 5.82 Å². The molecule has 0 atom stereocenters. The molecule has 0 spiro atoms. The Labute approximate surface area is 93.4 Å². The molecule has 1 saturated carbocycles. The molecular formula is C11H13ClFNO. The molecule has 2 nitrogen and oxygen atoms in total. The van der Waals surface area contributed by atoms with Crippen LogP contribution < -0.4 is 5.32 Å². The monoisotopic (exact) mass is 229 g/mol. The zero-order valence-electron chi connectivity index (χ0n) is 8.47. The summed E-state index contributed by atoms with van der Waals surface area (Å²) in [7, 11) is 1.71. The van der Waals surface area contributed by atoms with Crippen molar-refractivity contribution in [1.82, 2.24) is 0 Å². The van der Waals surface area contributed by atoms with Crippen LogP contribution in [0.1, 0.15) is 12.8 Å². The van der Waals surface area contributed by atoms with Crippen LogP contribution in [-0.4, -0.2) is 19.3 Å². The summed E-state index contributed by atoms with van der Waals surface area (Å²) in [6, 6.07) is 4.84. The first-order chi connectivity index (χ1) is 7.17. The van der Waals surface area contributed by atoms with Crippen molar-refractivity contribution in [2.45, 2.75) is 25.0 Å². The fourth-order valence-electron chi connectivity index (χ4n) is 1.75. The van der Waals surface area contributed by atoms with Crippen LogP contribution in [-0.2, 0) is 4.74 Å². The number of nitrogens with one attached hydrogen (secondary N) is 1. The first kappa shape index (κ1) is 10.7. The fraction of sp³-hybridized carbons (Fsp3) is 0.455. The summed E-state index contributed by atoms with van der Waals surface area (Å²) in [6.45, 7) is 0. The molecule has 1 aromatic rings. The normalized spacial score (nSPS) is 24.7. The van der Waals surface area contributed by atoms with Crippen LogP contribution in [0.25, 0.3) is 0 Å². The second-order valence-electron chi connectivity index (χ2n) is 3.83. The Morgan fingerprint density at radius 2 is 2.13 bits per heavy atom. The minimum absolute atomic E-state index is 0.312. The van der Waals surface area contributed by atoms with Gasteiger partial charge in [-0.25, -0.2) is 4.39 Å². The molecular weight excluding hydrogens is 217 g/mol. The molecule has 0 saturated heterocycles. The van der Waals surface area contributed by atoms with E-state index in [0.29, 0.717) is 17.2 Å². The molecule has 0 heterocycles. The van der Waals surface area contributed by atoms with E-state index in [4.69, 9.17) is 16.3 Å². The van der Waals surface area contributed by atoms with E-state index in [0.717, 1.165) is 18.5 Å². The van der Waals surface area contributed by atoms with Gasteiger partial charge < -0.3 is 10.1 Å². The summed E-state index contributed by atoms with van der Waals surface area (Å²) in [5.74, 6) is -0.312. The second kappa shape index (κ2) is 4.37. The molecule has 1 aromatic carbocycles. The predicted molar refractivity (Wildman–Crippen MR) is 58.9 cm³/mol. The van der Waals surface area contributed by atoms with Crippen molar-refractivity contribution in [3.05, 3.63) is 29.0 Å². The number of hydrogen-bond acceptors (Lipinski definition) is 2. The van der Waals surface area contributed by atoms with Gasteiger partial charge in [0.2, 0.25) is 0 Å². The molecule has 1 N–H and O–H groups in total. The first-order valence-electron chi connectivity index (χ1n) is 4.93. The molecule has 1 aliphatic carbocycles. The molecule has 2 rings (SSSR count). The maximum atomic E-state index is 13.0. The van der Waals surface area contributed by atoms with Crippen molar-refractivity contribution in [3.63, 3.8) is 0 Å². The minimum atomic E-state index is -0.312. The van der Waals surface area contributed by atoms with Gasteiger partial charge in [-0.1, -0.05) is 11.6 Å². The van der Waals surface area contributed by atoms with Crippen molar-refractivity contribution < 1.29 is 9.13 Å². The van der Waals surface area contributed by atoms with Crippen LogP contribution in [0.4, 0.5) is 10.1 Å². The van der Waals surface area contributed by atoms with E-state index < -0.39 is 0 Å². The van der Waals surface area contributed by atoms with Crippen molar-refractivity contribution >= 4 is 17.3 Å². The molecule has 0 amide bonds. The van der Waals surface area contributed by atoms with Crippen LogP contribution in [0.3, 0.4) is 0 Å². The highest BCUT2D eigenvalue weighted by Crippen LogP contribution is 2.27. The van der Waals surface area contributed by atoms with Crippen molar-refractivity contribution in [2.24, 2.45) is 0 Å². The quantitative estimate of drug-likeness (QED) is 0.860. The van der Waals surface area contributed by atoms with Gasteiger partial charge in [-0.2, -0.15) is 0 Å². The number of methoxy groups -OCH3 is 1. The Morgan fingerprint density at radius 1 is 1.40 bits per heavy atom. The zero-order chi connectivity index (χ0) is 10.8. The lowest BCUT2D eigenvalue weighted by atomic mass is 9.89. The number of hydrogen-bond donors (Lipinski definition) is 1. The Balaban J connectivity index is 1.94. The zero-order valence-corrected chi connectivity index (χ0v) is 9.22. The van der Waals surface area contributed by atoms with Gasteiger partial charge in [0.25, 0.3) is 0 Å². The number of halogens is 2. The van der Waals surface area contributed by atoms with Crippen molar-refractivity contribution in [3.8, 4) is 0 Å². The van der Waals surface area contributed by atoms with E-state index in [9.17, 15) is 4.39 Å². The third kappa shape index (κ3) is 2.61. The van der Waals surface area contributed by atoms with Crippen LogP contribution in [0.2, 0.25) is 5.02 Å². The van der Waals surface area contributed by atoms with E-state index in [2.05, 4.69) is 5.32 Å². The van der Waals surface area contributed by atoms with Gasteiger partial charge in [0.05, 0.1) is 6.10 Å². The molecule has 15 heavy (non-hydrogen) atoms. The Bertz CT molecular complexity index is 332. The van der Waals surface area contributed by atoms with Crippen LogP contribution >= 0.6 is 11.6 Å². The highest BCUT2D eigenvalue weighted by Gasteiger charge is 2.28. The maximum Gasteiger partial charge on any atom is 0.126 e. The molecule has 0 bridgehead atoms. The average Bonchev–Trinajstić information content (AvgIpc) is 2.08. The summed E-state index contributed by atoms with van der Waals surface area (Å²) in [4.78, 5) is 0. The van der Waals surface area contributed by atoms with Gasteiger partial charge in [0, 0.05) is 23.9 Å². The highest BCUT2D eigenvalue weighted by atomic mass is 35.5. The maximum absolute atomic E-state index is 13.0. The summed E-state index contributed by atoms with van der Waals surface area (Å²) in [6.07, 6.45) is 2.27. The van der Waals surface area contributed by atoms with E-state index in [1.54, 1.807) is 13.2 Å². The topological polar surface area (TPSA) is 21.3 Å². The summed E-state index contributed by atoms with van der Waals surface area (Å²) in [5, 5.41) is 3.64. The molecule has 0 aliphatic heterocycles. The van der Waals surface area contributed by atoms with E-state index in [-0.39, 0.29) is 5.82 Å². The van der Waals surface area contributed by atoms with Crippen molar-refractivity contribution in [2.75, 3.05) is 12.4 Å². The van der Waals surface area contributed by atoms with E-state index in [1.807, 2.05) is 0 Å². The number of benzene rings is 1. The van der Waals surface area contributed by atoms with E-state index >= 15 is 0 Å². The third-order valence-electron chi connectivity index (χ3n) is 2.66. The second-order valence-corrected chi connectivity index (χ2v) is 4.26. The number of ether oxygens (including phenoxy) is 1. The van der Waals surface area contributed by atoms with Crippen LogP contribution in [0.15, 0.2) is 18.2 Å². The standard InChI is InChI=1S/C11H13ClFNO/c1-15-11-5-10(6-11)14-9-3-7(12)2-8(13)4-9/h2-4,10-11,14H,5-6H2,1H3. The largest absolute Gasteiger partial charge is 0.382 e. The van der Waals surface area contributed by atoms with Crippen LogP contribution in [0.5, 0.6) is 0 Å². The molecule has 4 heteroatoms. The first-order valence-corrected chi connectivity index (χ1v) is 5.30. The Kier molecular flexibility index (Phi) is 3.12. The summed E-state index contributed by atoms with van der Waals surface area (Å²) >= 11 is 5.75. The third-order valence-corrected chi connectivity index (χ3v) is 2.88. The number of rotatable bonds is 3. The Hall–Kier alpha value is -0.800. The lowest BCUT2D eigenvalue weighted by molar-refractivity contribution is 0.0329. The van der Waals surface area contributed by atoms with Gasteiger partial charge in [0.15, 0.2) is 0 Å². The Morgan fingerprint density at radius 3 is 2.73 bits per heavy atom. The van der Waals surface area contributed by atoms with E-state index in [1.165, 1.54) is 12.1 Å². The average molecular weight is 230 g/mol. The van der Waals surface area contributed by atoms with Crippen molar-refractivity contribution in [1.29, 1.82) is 0 Å². The number of anilines is 1. The molecule has 82 valence electrons. The molecule has 1 fully saturated rings. The fourth-order valence-corrected chi connectivity index (χ4v) is 1.97. The highest BCUT2D eigenvalue weighted by molar-refractivity contribution is 6.30. The molecule has 0 unspecified atom stereocenters. The van der Waals surface area contributed by atoms with Gasteiger partial charge in [0.1, 0.15) is 5.82 Å². The van der Waals surface area contributed by atoms with Gasteiger partial charge in [-0.3, -0.25) is 0 Å². The lowest BCUT2D eigenvalue weighted by Crippen LogP contribution is -2.40. The summed E-state index contributed by atoms with van der Waals surface area (Å²) in [5.41, 5.74) is 0.736. The lowest BCUT2D eigenvalue weighted by Gasteiger charge is -2.35. The smallest absolute Gasteiger partial charge is 0.126 e. The van der Waals surface area contributed by atoms with Gasteiger partial charge in [-0.15, -0.1) is 0 Å². The van der Waals surface area contributed by atoms with Gasteiger partial charge in [-0.05, 0) is 31.0 Å². The SMILES string of the molecule is COC1CC(Nc2cc(F)cc(Cl)c2)C1. The van der Waals surface area contributed by atoms with Gasteiger partial charge >= 0.3 is 0 Å². The predicted octanol–water partition coefficient (Wildman–Crippen LogP) is 3.07. The minimum Gasteiger partial charge on any atom is -0.382 e.